The largest absolute Gasteiger partial charge is 0.497 e. The summed E-state index contributed by atoms with van der Waals surface area (Å²) in [4.78, 5) is 13.7. The van der Waals surface area contributed by atoms with E-state index in [1.54, 1.807) is 19.2 Å². The average molecular weight is 436 g/mol. The van der Waals surface area contributed by atoms with Crippen LogP contribution in [0.3, 0.4) is 0 Å². The minimum absolute atomic E-state index is 0.0905. The van der Waals surface area contributed by atoms with E-state index in [-0.39, 0.29) is 17.5 Å². The Kier molecular flexibility index (Phi) is 5.49. The first kappa shape index (κ1) is 20.7. The first-order valence-corrected chi connectivity index (χ1v) is 10.7. The van der Waals surface area contributed by atoms with Crippen LogP contribution >= 0.6 is 0 Å². The van der Waals surface area contributed by atoms with Crippen LogP contribution in [0.25, 0.3) is 6.08 Å². The number of fused-ring (bicyclic) bond motifs is 1. The summed E-state index contributed by atoms with van der Waals surface area (Å²) in [5.41, 5.74) is 3.86. The highest BCUT2D eigenvalue weighted by molar-refractivity contribution is 6.19. The Bertz CT molecular complexity index is 1320. The zero-order chi connectivity index (χ0) is 22.8. The maximum absolute atomic E-state index is 13.7. The molecule has 0 radical (unpaired) electrons. The van der Waals surface area contributed by atoms with Gasteiger partial charge in [0.15, 0.2) is 5.78 Å². The number of ketones is 1. The van der Waals surface area contributed by atoms with E-state index in [0.717, 1.165) is 22.4 Å². The summed E-state index contributed by atoms with van der Waals surface area (Å²) in [5, 5.41) is 0. The van der Waals surface area contributed by atoms with E-state index in [2.05, 4.69) is 0 Å². The van der Waals surface area contributed by atoms with Crippen LogP contribution in [0.4, 0.5) is 4.39 Å². The van der Waals surface area contributed by atoms with Gasteiger partial charge in [0.2, 0.25) is 0 Å². The Morgan fingerprint density at radius 1 is 0.788 bits per heavy atom. The third-order valence-corrected chi connectivity index (χ3v) is 5.78. The van der Waals surface area contributed by atoms with Crippen LogP contribution in [0.5, 0.6) is 17.2 Å². The SMILES string of the molecule is COc1ccc(Oc2cccc3c2C(=O)/C(=C\c2ccc(F)cc2)C3c2ccccc2)cc1. The molecule has 1 atom stereocenters. The Hall–Kier alpha value is -4.18. The zero-order valence-corrected chi connectivity index (χ0v) is 18.0. The van der Waals surface area contributed by atoms with Gasteiger partial charge in [-0.2, -0.15) is 0 Å². The minimum Gasteiger partial charge on any atom is -0.497 e. The lowest BCUT2D eigenvalue weighted by Gasteiger charge is -2.14. The lowest BCUT2D eigenvalue weighted by molar-refractivity contribution is 0.103. The van der Waals surface area contributed by atoms with Crippen molar-refractivity contribution in [2.45, 2.75) is 5.92 Å². The first-order chi connectivity index (χ1) is 16.1. The number of carbonyl (C=O) groups is 1. The van der Waals surface area contributed by atoms with E-state index in [4.69, 9.17) is 9.47 Å². The van der Waals surface area contributed by atoms with Gasteiger partial charge in [0, 0.05) is 11.5 Å². The van der Waals surface area contributed by atoms with Crippen molar-refractivity contribution in [3.05, 3.63) is 131 Å². The fraction of sp³-hybridized carbons (Fsp3) is 0.0690. The van der Waals surface area contributed by atoms with E-state index >= 15 is 0 Å². The monoisotopic (exact) mass is 436 g/mol. The van der Waals surface area contributed by atoms with Crippen molar-refractivity contribution in [3.8, 4) is 17.2 Å². The van der Waals surface area contributed by atoms with Gasteiger partial charge in [-0.15, -0.1) is 0 Å². The second-order valence-corrected chi connectivity index (χ2v) is 7.82. The smallest absolute Gasteiger partial charge is 0.194 e. The second-order valence-electron chi connectivity index (χ2n) is 7.82. The molecule has 1 aliphatic rings. The fourth-order valence-electron chi connectivity index (χ4n) is 4.22. The molecule has 0 aromatic heterocycles. The molecule has 162 valence electrons. The summed E-state index contributed by atoms with van der Waals surface area (Å²) in [5.74, 6) is 1.21. The Morgan fingerprint density at radius 3 is 2.18 bits per heavy atom. The highest BCUT2D eigenvalue weighted by Gasteiger charge is 2.38. The van der Waals surface area contributed by atoms with Crippen molar-refractivity contribution in [1.82, 2.24) is 0 Å². The Balaban J connectivity index is 1.61. The second kappa shape index (κ2) is 8.75. The van der Waals surface area contributed by atoms with Crippen LogP contribution in [0.1, 0.15) is 33.0 Å². The molecule has 3 nitrogen and oxygen atoms in total. The van der Waals surface area contributed by atoms with Crippen LogP contribution < -0.4 is 9.47 Å². The van der Waals surface area contributed by atoms with Gasteiger partial charge in [-0.05, 0) is 65.2 Å². The molecular weight excluding hydrogens is 415 g/mol. The quantitative estimate of drug-likeness (QED) is 0.315. The van der Waals surface area contributed by atoms with Gasteiger partial charge in [-0.25, -0.2) is 4.39 Å². The van der Waals surface area contributed by atoms with E-state index in [9.17, 15) is 9.18 Å². The van der Waals surface area contributed by atoms with Gasteiger partial charge in [0.05, 0.1) is 12.7 Å². The van der Waals surface area contributed by atoms with Crippen molar-refractivity contribution in [2.24, 2.45) is 0 Å². The van der Waals surface area contributed by atoms with Crippen LogP contribution in [-0.2, 0) is 0 Å². The van der Waals surface area contributed by atoms with Crippen LogP contribution in [-0.4, -0.2) is 12.9 Å². The number of ether oxygens (including phenoxy) is 2. The predicted octanol–water partition coefficient (Wildman–Crippen LogP) is 7.04. The van der Waals surface area contributed by atoms with Crippen molar-refractivity contribution < 1.29 is 18.7 Å². The number of hydrogen-bond acceptors (Lipinski definition) is 3. The normalized spacial score (nSPS) is 16.0. The Morgan fingerprint density at radius 2 is 1.48 bits per heavy atom. The summed E-state index contributed by atoms with van der Waals surface area (Å²) < 4.78 is 24.8. The number of methoxy groups -OCH3 is 1. The van der Waals surface area contributed by atoms with Gasteiger partial charge < -0.3 is 9.47 Å². The number of Topliss-reactive ketones (excluding diaryl/α,β-unsaturated/α-hetero) is 1. The molecule has 1 unspecified atom stereocenters. The molecule has 0 amide bonds. The highest BCUT2D eigenvalue weighted by Crippen LogP contribution is 2.46. The number of halogens is 1. The summed E-state index contributed by atoms with van der Waals surface area (Å²) in [6, 6.07) is 29.0. The molecule has 33 heavy (non-hydrogen) atoms. The number of rotatable bonds is 5. The van der Waals surface area contributed by atoms with E-state index in [0.29, 0.717) is 22.6 Å². The van der Waals surface area contributed by atoms with Crippen molar-refractivity contribution >= 4 is 11.9 Å². The molecule has 0 heterocycles. The zero-order valence-electron chi connectivity index (χ0n) is 18.0. The van der Waals surface area contributed by atoms with Gasteiger partial charge in [-0.3, -0.25) is 4.79 Å². The van der Waals surface area contributed by atoms with Crippen LogP contribution in [0, 0.1) is 5.82 Å². The molecule has 0 saturated heterocycles. The molecule has 0 N–H and O–H groups in total. The first-order valence-electron chi connectivity index (χ1n) is 10.7. The summed E-state index contributed by atoms with van der Waals surface area (Å²) in [7, 11) is 1.61. The van der Waals surface area contributed by atoms with E-state index < -0.39 is 0 Å². The van der Waals surface area contributed by atoms with Crippen molar-refractivity contribution in [2.75, 3.05) is 7.11 Å². The van der Waals surface area contributed by atoms with E-state index in [1.807, 2.05) is 78.9 Å². The number of allylic oxidation sites excluding steroid dienone is 1. The molecule has 5 rings (SSSR count). The lowest BCUT2D eigenvalue weighted by Crippen LogP contribution is -2.02. The predicted molar refractivity (Wildman–Crippen MR) is 127 cm³/mol. The molecular formula is C29H21FO3. The molecule has 0 saturated carbocycles. The maximum atomic E-state index is 13.7. The molecule has 4 heteroatoms. The molecule has 1 aliphatic carbocycles. The van der Waals surface area contributed by atoms with Crippen LogP contribution in [0.15, 0.2) is 103 Å². The summed E-state index contributed by atoms with van der Waals surface area (Å²) in [6.45, 7) is 0. The third kappa shape index (κ3) is 4.03. The van der Waals surface area contributed by atoms with Gasteiger partial charge in [0.25, 0.3) is 0 Å². The lowest BCUT2D eigenvalue weighted by atomic mass is 9.89. The number of benzene rings is 4. The Labute approximate surface area is 191 Å². The van der Waals surface area contributed by atoms with E-state index in [1.165, 1.54) is 12.1 Å². The van der Waals surface area contributed by atoms with Crippen molar-refractivity contribution in [3.63, 3.8) is 0 Å². The van der Waals surface area contributed by atoms with Gasteiger partial charge in [0.1, 0.15) is 23.1 Å². The van der Waals surface area contributed by atoms with Gasteiger partial charge >= 0.3 is 0 Å². The average Bonchev–Trinajstić information content (AvgIpc) is 3.13. The maximum Gasteiger partial charge on any atom is 0.194 e. The summed E-state index contributed by atoms with van der Waals surface area (Å²) >= 11 is 0. The van der Waals surface area contributed by atoms with Gasteiger partial charge in [-0.1, -0.05) is 54.6 Å². The molecule has 4 aromatic rings. The number of carbonyl (C=O) groups excluding carboxylic acids is 1. The molecule has 4 aromatic carbocycles. The fourth-order valence-corrected chi connectivity index (χ4v) is 4.22. The number of hydrogen-bond donors (Lipinski definition) is 0. The third-order valence-electron chi connectivity index (χ3n) is 5.78. The van der Waals surface area contributed by atoms with Crippen molar-refractivity contribution in [1.29, 1.82) is 0 Å². The minimum atomic E-state index is -0.312. The molecule has 0 bridgehead atoms. The standard InChI is InChI=1S/C29H21FO3/c1-32-22-14-16-23(17-15-22)33-26-9-5-8-24-27(20-6-3-2-4-7-20)25(29(31)28(24)26)18-19-10-12-21(30)13-11-19/h2-18,27H,1H3/b25-18-. The highest BCUT2D eigenvalue weighted by atomic mass is 19.1. The summed E-state index contributed by atoms with van der Waals surface area (Å²) in [6.07, 6.45) is 1.84. The molecule has 0 fully saturated rings. The topological polar surface area (TPSA) is 35.5 Å². The molecule has 0 aliphatic heterocycles. The molecule has 0 spiro atoms. The van der Waals surface area contributed by atoms with Crippen LogP contribution in [0.2, 0.25) is 0 Å².